The number of thiophene rings is 1. The van der Waals surface area contributed by atoms with Crippen LogP contribution in [0.25, 0.3) is 10.4 Å². The highest BCUT2D eigenvalue weighted by Crippen LogP contribution is 2.36. The number of rotatable bonds is 2. The molecule has 2 unspecified atom stereocenters. The van der Waals surface area contributed by atoms with Gasteiger partial charge in [-0.3, -0.25) is 9.59 Å². The predicted octanol–water partition coefficient (Wildman–Crippen LogP) is 3.71. The van der Waals surface area contributed by atoms with E-state index in [1.165, 1.54) is 0 Å². The lowest BCUT2D eigenvalue weighted by atomic mass is 9.82. The largest absolute Gasteiger partial charge is 0.338 e. The Kier molecular flexibility index (Phi) is 4.33. The normalized spacial score (nSPS) is 20.0. The molecule has 0 aliphatic carbocycles. The van der Waals surface area contributed by atoms with Gasteiger partial charge in [-0.2, -0.15) is 5.26 Å². The van der Waals surface area contributed by atoms with Crippen molar-refractivity contribution >= 4 is 17.2 Å². The zero-order chi connectivity index (χ0) is 20.0. The van der Waals surface area contributed by atoms with Crippen molar-refractivity contribution in [1.82, 2.24) is 9.47 Å². The Bertz CT molecular complexity index is 1170. The maximum absolute atomic E-state index is 13.1. The van der Waals surface area contributed by atoms with Crippen LogP contribution >= 0.6 is 11.3 Å². The number of fused-ring (bicyclic) bond motifs is 4. The molecular weight excluding hydrogens is 382 g/mol. The molecular formula is C23H19N3O2S. The standard InChI is InChI=1S/C23H19N3O2S/c24-11-15-3-5-17(6-4-15)22(27)25-12-16-10-18(14-25)20-8-7-19(21-2-1-9-29-21)23(28)26(20)13-16/h1-9,16,18H,10,12-14H2. The Hall–Kier alpha value is -3.17. The molecule has 0 radical (unpaired) electrons. The molecule has 4 heterocycles. The minimum Gasteiger partial charge on any atom is -0.338 e. The third-order valence-corrected chi connectivity index (χ3v) is 6.84. The quantitative estimate of drug-likeness (QED) is 0.658. The second-order valence-corrected chi connectivity index (χ2v) is 8.71. The molecule has 1 fully saturated rings. The van der Waals surface area contributed by atoms with Crippen LogP contribution < -0.4 is 5.56 Å². The number of hydrogen-bond donors (Lipinski definition) is 0. The second-order valence-electron chi connectivity index (χ2n) is 7.76. The molecule has 2 aliphatic heterocycles. The van der Waals surface area contributed by atoms with E-state index in [9.17, 15) is 9.59 Å². The number of benzene rings is 1. The van der Waals surface area contributed by atoms with Crippen molar-refractivity contribution in [1.29, 1.82) is 5.26 Å². The smallest absolute Gasteiger partial charge is 0.259 e. The maximum atomic E-state index is 13.1. The Balaban J connectivity index is 1.44. The lowest BCUT2D eigenvalue weighted by Crippen LogP contribution is -2.49. The van der Waals surface area contributed by atoms with E-state index < -0.39 is 0 Å². The van der Waals surface area contributed by atoms with E-state index in [2.05, 4.69) is 12.1 Å². The van der Waals surface area contributed by atoms with Crippen LogP contribution in [0.4, 0.5) is 0 Å². The minimum atomic E-state index is -0.00445. The van der Waals surface area contributed by atoms with Crippen LogP contribution in [0.15, 0.2) is 58.7 Å². The molecule has 5 nitrogen and oxygen atoms in total. The Morgan fingerprint density at radius 3 is 2.62 bits per heavy atom. The molecule has 144 valence electrons. The molecule has 29 heavy (non-hydrogen) atoms. The fraction of sp³-hybridized carbons (Fsp3) is 0.261. The first kappa shape index (κ1) is 17.9. The van der Waals surface area contributed by atoms with Gasteiger partial charge in [0.25, 0.3) is 11.5 Å². The van der Waals surface area contributed by atoms with E-state index in [1.807, 2.05) is 33.0 Å². The number of amides is 1. The molecule has 3 aromatic rings. The summed E-state index contributed by atoms with van der Waals surface area (Å²) in [5.41, 5.74) is 3.02. The van der Waals surface area contributed by atoms with Crippen LogP contribution in [0.5, 0.6) is 0 Å². The molecule has 2 aromatic heterocycles. The second kappa shape index (κ2) is 7.02. The van der Waals surface area contributed by atoms with Crippen LogP contribution in [0.3, 0.4) is 0 Å². The van der Waals surface area contributed by atoms with Gasteiger partial charge in [0, 0.05) is 41.7 Å². The highest BCUT2D eigenvalue weighted by molar-refractivity contribution is 7.13. The van der Waals surface area contributed by atoms with Crippen molar-refractivity contribution in [2.45, 2.75) is 18.9 Å². The average molecular weight is 401 g/mol. The van der Waals surface area contributed by atoms with E-state index in [1.54, 1.807) is 35.6 Å². The number of nitrogens with zero attached hydrogens (tertiary/aromatic N) is 3. The molecule has 0 saturated carbocycles. The number of piperidine rings is 1. The van der Waals surface area contributed by atoms with Gasteiger partial charge < -0.3 is 9.47 Å². The molecule has 2 atom stereocenters. The molecule has 1 amide bonds. The highest BCUT2D eigenvalue weighted by atomic mass is 32.1. The Labute approximate surface area is 172 Å². The third-order valence-electron chi connectivity index (χ3n) is 5.94. The summed E-state index contributed by atoms with van der Waals surface area (Å²) in [7, 11) is 0. The van der Waals surface area contributed by atoms with Crippen LogP contribution in [-0.2, 0) is 6.54 Å². The minimum absolute atomic E-state index is 0.00445. The number of hydrogen-bond acceptors (Lipinski definition) is 4. The summed E-state index contributed by atoms with van der Waals surface area (Å²) >= 11 is 1.58. The number of carbonyl (C=O) groups excluding carboxylic acids is 1. The van der Waals surface area contributed by atoms with Crippen molar-refractivity contribution in [3.05, 3.63) is 81.1 Å². The summed E-state index contributed by atoms with van der Waals surface area (Å²) in [5, 5.41) is 10.9. The first-order chi connectivity index (χ1) is 14.1. The number of carbonyl (C=O) groups is 1. The van der Waals surface area contributed by atoms with Crippen molar-refractivity contribution in [3.8, 4) is 16.5 Å². The molecule has 6 heteroatoms. The molecule has 5 rings (SSSR count). The van der Waals surface area contributed by atoms with Crippen LogP contribution in [0, 0.1) is 17.2 Å². The lowest BCUT2D eigenvalue weighted by molar-refractivity contribution is 0.0594. The molecule has 2 bridgehead atoms. The number of nitriles is 1. The maximum Gasteiger partial charge on any atom is 0.259 e. The zero-order valence-electron chi connectivity index (χ0n) is 15.7. The van der Waals surface area contributed by atoms with Gasteiger partial charge in [-0.1, -0.05) is 6.07 Å². The van der Waals surface area contributed by atoms with Crippen molar-refractivity contribution in [3.63, 3.8) is 0 Å². The molecule has 1 saturated heterocycles. The Morgan fingerprint density at radius 1 is 1.07 bits per heavy atom. The summed E-state index contributed by atoms with van der Waals surface area (Å²) in [4.78, 5) is 29.0. The van der Waals surface area contributed by atoms with E-state index in [-0.39, 0.29) is 23.3 Å². The van der Waals surface area contributed by atoms with Gasteiger partial charge in [0.05, 0.1) is 17.2 Å². The van der Waals surface area contributed by atoms with Gasteiger partial charge in [0.15, 0.2) is 0 Å². The summed E-state index contributed by atoms with van der Waals surface area (Å²) in [6.07, 6.45) is 1.01. The zero-order valence-corrected chi connectivity index (χ0v) is 16.6. The third kappa shape index (κ3) is 3.08. The predicted molar refractivity (Wildman–Crippen MR) is 112 cm³/mol. The van der Waals surface area contributed by atoms with E-state index >= 15 is 0 Å². The van der Waals surface area contributed by atoms with Gasteiger partial charge >= 0.3 is 0 Å². The van der Waals surface area contributed by atoms with Gasteiger partial charge in [-0.25, -0.2) is 0 Å². The number of aromatic nitrogens is 1. The summed E-state index contributed by atoms with van der Waals surface area (Å²) < 4.78 is 1.93. The van der Waals surface area contributed by atoms with Crippen molar-refractivity contribution < 1.29 is 4.79 Å². The van der Waals surface area contributed by atoms with Crippen LogP contribution in [-0.4, -0.2) is 28.5 Å². The Morgan fingerprint density at radius 2 is 1.90 bits per heavy atom. The highest BCUT2D eigenvalue weighted by Gasteiger charge is 2.37. The van der Waals surface area contributed by atoms with Crippen molar-refractivity contribution in [2.75, 3.05) is 13.1 Å². The fourth-order valence-electron chi connectivity index (χ4n) is 4.60. The van der Waals surface area contributed by atoms with Crippen molar-refractivity contribution in [2.24, 2.45) is 5.92 Å². The monoisotopic (exact) mass is 401 g/mol. The van der Waals surface area contributed by atoms with Gasteiger partial charge in [-0.15, -0.1) is 11.3 Å². The van der Waals surface area contributed by atoms with Gasteiger partial charge in [0.2, 0.25) is 0 Å². The SMILES string of the molecule is N#Cc1ccc(C(=O)N2CC3CC(C2)c2ccc(-c4cccs4)c(=O)n2C3)cc1. The fourth-order valence-corrected chi connectivity index (χ4v) is 5.34. The van der Waals surface area contributed by atoms with Gasteiger partial charge in [0.1, 0.15) is 0 Å². The van der Waals surface area contributed by atoms with E-state index in [4.69, 9.17) is 5.26 Å². The van der Waals surface area contributed by atoms with Crippen LogP contribution in [0.2, 0.25) is 0 Å². The first-order valence-electron chi connectivity index (χ1n) is 9.71. The number of likely N-dealkylation sites (tertiary alicyclic amines) is 1. The van der Waals surface area contributed by atoms with E-state index in [0.29, 0.717) is 30.8 Å². The molecule has 0 N–H and O–H groups in total. The molecule has 1 aromatic carbocycles. The summed E-state index contributed by atoms with van der Waals surface area (Å²) in [6.45, 7) is 1.93. The van der Waals surface area contributed by atoms with Gasteiger partial charge in [-0.05, 0) is 60.2 Å². The summed E-state index contributed by atoms with van der Waals surface area (Å²) in [6, 6.07) is 16.8. The average Bonchev–Trinajstić information content (AvgIpc) is 3.28. The van der Waals surface area contributed by atoms with Crippen LogP contribution in [0.1, 0.15) is 34.0 Å². The topological polar surface area (TPSA) is 66.1 Å². The first-order valence-corrected chi connectivity index (χ1v) is 10.6. The summed E-state index contributed by atoms with van der Waals surface area (Å²) in [5.74, 6) is 0.449. The number of pyridine rings is 1. The van der Waals surface area contributed by atoms with E-state index in [0.717, 1.165) is 22.6 Å². The molecule has 2 aliphatic rings. The lowest BCUT2D eigenvalue weighted by Gasteiger charge is -2.43. The molecule has 0 spiro atoms.